The standard InChI is InChI=1S/C89H97BN4/c1-58-51-80-82-81(52-58)93(76-47-36-64(86(11,12)13)54-71(76)60-29-23-20-24-30-60)79-57-69(94-77-48-37-65(87(14,15)16)55-72(77)88(17)49-25-26-50-89(88,94)18)43-45-74(79)90(82)73-44-42-68(56-78(73)92(80)75-46-35-63(85(8,9)10)53-70(75)59-27-21-19-22-28-59)91(66-38-31-61(32-39-66)83(2,3)4)67-40-33-62(34-41-67)84(5,6)7/h19-24,27-48,51-57H,25-26,49-50H2,1-18H3. The van der Waals surface area contributed by atoms with Gasteiger partial charge < -0.3 is 19.6 Å². The molecule has 5 heteroatoms. The van der Waals surface area contributed by atoms with Gasteiger partial charge in [0.15, 0.2) is 0 Å². The van der Waals surface area contributed by atoms with Crippen molar-refractivity contribution in [1.82, 2.24) is 0 Å². The molecular formula is C89H97BN4. The summed E-state index contributed by atoms with van der Waals surface area (Å²) < 4.78 is 0. The van der Waals surface area contributed by atoms with Crippen molar-refractivity contribution in [2.45, 2.75) is 188 Å². The fraction of sp³-hybridized carbons (Fsp3) is 0.326. The molecule has 1 aliphatic carbocycles. The van der Waals surface area contributed by atoms with Gasteiger partial charge in [0.05, 0.1) is 16.9 Å². The first kappa shape index (κ1) is 62.9. The van der Waals surface area contributed by atoms with Crippen LogP contribution in [-0.4, -0.2) is 12.3 Å². The summed E-state index contributed by atoms with van der Waals surface area (Å²) in [6.07, 6.45) is 4.73. The smallest absolute Gasteiger partial charge is 0.252 e. The summed E-state index contributed by atoms with van der Waals surface area (Å²) in [5.74, 6) is 0. The maximum atomic E-state index is 2.80. The van der Waals surface area contributed by atoms with Crippen LogP contribution in [-0.2, 0) is 32.5 Å². The Bertz CT molecular complexity index is 4510. The summed E-state index contributed by atoms with van der Waals surface area (Å²) in [6.45, 7) is 42.4. The molecule has 476 valence electrons. The van der Waals surface area contributed by atoms with Crippen LogP contribution in [0.4, 0.5) is 62.6 Å². The lowest BCUT2D eigenvalue weighted by Gasteiger charge is -2.51. The van der Waals surface area contributed by atoms with E-state index >= 15 is 0 Å². The van der Waals surface area contributed by atoms with Gasteiger partial charge in [0, 0.05) is 67.7 Å². The van der Waals surface area contributed by atoms with E-state index in [9.17, 15) is 0 Å². The van der Waals surface area contributed by atoms with E-state index in [2.05, 4.69) is 357 Å². The van der Waals surface area contributed by atoms with Gasteiger partial charge in [-0.05, 0) is 211 Å². The fourth-order valence-electron chi connectivity index (χ4n) is 16.3. The minimum Gasteiger partial charge on any atom is -0.334 e. The van der Waals surface area contributed by atoms with Crippen LogP contribution in [0.2, 0.25) is 0 Å². The maximum Gasteiger partial charge on any atom is 0.252 e. The lowest BCUT2D eigenvalue weighted by Crippen LogP contribution is -2.61. The first-order chi connectivity index (χ1) is 44.4. The van der Waals surface area contributed by atoms with Crippen LogP contribution >= 0.6 is 0 Å². The second-order valence-corrected chi connectivity index (χ2v) is 33.6. The van der Waals surface area contributed by atoms with E-state index in [0.717, 1.165) is 35.6 Å². The molecule has 0 aromatic heterocycles. The van der Waals surface area contributed by atoms with E-state index in [1.54, 1.807) is 0 Å². The SMILES string of the molecule is Cc1cc2c3c(c1)N(c1ccc(C(C)(C)C)cc1-c1ccccc1)c1cc(N4c5ccc(C(C)(C)C)cc5C5(C)CCCCC45C)ccc1B3c1ccc(N(c3ccc(C(C)(C)C)cc3)c3ccc(C(C)(C)C)cc3)cc1N2c1ccc(C(C)(C)C)cc1-c1ccccc1. The Morgan fingerprint density at radius 3 is 1.23 bits per heavy atom. The van der Waals surface area contributed by atoms with Crippen molar-refractivity contribution in [1.29, 1.82) is 0 Å². The molecule has 1 saturated carbocycles. The highest BCUT2D eigenvalue weighted by Gasteiger charge is 2.58. The second-order valence-electron chi connectivity index (χ2n) is 33.6. The largest absolute Gasteiger partial charge is 0.334 e. The molecule has 10 aromatic rings. The molecule has 0 saturated heterocycles. The molecule has 0 bridgehead atoms. The zero-order chi connectivity index (χ0) is 66.4. The average Bonchev–Trinajstić information content (AvgIpc) is 1.13. The summed E-state index contributed by atoms with van der Waals surface area (Å²) in [5.41, 5.74) is 30.8. The number of hydrogen-bond donors (Lipinski definition) is 0. The number of anilines is 11. The van der Waals surface area contributed by atoms with E-state index in [1.807, 2.05) is 0 Å². The Kier molecular flexibility index (Phi) is 14.9. The quantitative estimate of drug-likeness (QED) is 0.141. The Morgan fingerprint density at radius 1 is 0.362 bits per heavy atom. The van der Waals surface area contributed by atoms with Crippen molar-refractivity contribution in [3.63, 3.8) is 0 Å². The molecule has 0 radical (unpaired) electrons. The molecule has 14 rings (SSSR count). The molecule has 1 fully saturated rings. The van der Waals surface area contributed by atoms with Crippen molar-refractivity contribution < 1.29 is 0 Å². The molecule has 0 N–H and O–H groups in total. The third-order valence-electron chi connectivity index (χ3n) is 22.0. The molecule has 0 amide bonds. The lowest BCUT2D eigenvalue weighted by atomic mass is 9.33. The lowest BCUT2D eigenvalue weighted by molar-refractivity contribution is 0.195. The van der Waals surface area contributed by atoms with Crippen molar-refractivity contribution in [2.75, 3.05) is 19.6 Å². The number of nitrogens with zero attached hydrogens (tertiary/aromatic N) is 4. The topological polar surface area (TPSA) is 13.0 Å². The number of hydrogen-bond acceptors (Lipinski definition) is 4. The van der Waals surface area contributed by atoms with Gasteiger partial charge >= 0.3 is 0 Å². The summed E-state index contributed by atoms with van der Waals surface area (Å²) >= 11 is 0. The van der Waals surface area contributed by atoms with Crippen molar-refractivity contribution in [2.24, 2.45) is 0 Å². The van der Waals surface area contributed by atoms with Gasteiger partial charge in [-0.2, -0.15) is 0 Å². The third-order valence-corrected chi connectivity index (χ3v) is 22.0. The number of aryl methyl sites for hydroxylation is 1. The highest BCUT2D eigenvalue weighted by atomic mass is 15.3. The predicted octanol–water partition coefficient (Wildman–Crippen LogP) is 23.1. The van der Waals surface area contributed by atoms with Gasteiger partial charge in [0.2, 0.25) is 0 Å². The molecular weight excluding hydrogens is 1140 g/mol. The molecule has 0 spiro atoms. The molecule has 10 aromatic carbocycles. The number of benzene rings is 10. The molecule has 4 nitrogen and oxygen atoms in total. The predicted molar refractivity (Wildman–Crippen MR) is 407 cm³/mol. The van der Waals surface area contributed by atoms with Gasteiger partial charge in [0.25, 0.3) is 6.71 Å². The Hall–Kier alpha value is -8.54. The van der Waals surface area contributed by atoms with Crippen molar-refractivity contribution in [3.05, 3.63) is 251 Å². The van der Waals surface area contributed by atoms with E-state index in [0.29, 0.717) is 0 Å². The summed E-state index contributed by atoms with van der Waals surface area (Å²) in [6, 6.07) is 83.2. The van der Waals surface area contributed by atoms with Gasteiger partial charge in [0.1, 0.15) is 0 Å². The van der Waals surface area contributed by atoms with Crippen molar-refractivity contribution in [3.8, 4) is 22.3 Å². The first-order valence-electron chi connectivity index (χ1n) is 34.8. The summed E-state index contributed by atoms with van der Waals surface area (Å²) in [5, 5.41) is 0. The van der Waals surface area contributed by atoms with Gasteiger partial charge in [-0.15, -0.1) is 0 Å². The number of rotatable bonds is 8. The summed E-state index contributed by atoms with van der Waals surface area (Å²) in [7, 11) is 0. The molecule has 2 atom stereocenters. The molecule has 4 aliphatic rings. The van der Waals surface area contributed by atoms with Crippen molar-refractivity contribution >= 4 is 85.7 Å². The van der Waals surface area contributed by atoms with E-state index in [-0.39, 0.29) is 44.7 Å². The van der Waals surface area contributed by atoms with Gasteiger partial charge in [-0.25, -0.2) is 0 Å². The van der Waals surface area contributed by atoms with E-state index < -0.39 is 0 Å². The van der Waals surface area contributed by atoms with Crippen LogP contribution in [0.15, 0.2) is 212 Å². The van der Waals surface area contributed by atoms with E-state index in [4.69, 9.17) is 0 Å². The first-order valence-corrected chi connectivity index (χ1v) is 34.8. The summed E-state index contributed by atoms with van der Waals surface area (Å²) in [4.78, 5) is 10.6. The zero-order valence-corrected chi connectivity index (χ0v) is 59.4. The van der Waals surface area contributed by atoms with Crippen LogP contribution < -0.4 is 36.0 Å². The Morgan fingerprint density at radius 2 is 0.766 bits per heavy atom. The number of fused-ring (bicyclic) bond motifs is 7. The molecule has 3 heterocycles. The monoisotopic (exact) mass is 1230 g/mol. The van der Waals surface area contributed by atoms with Crippen LogP contribution in [0.3, 0.4) is 0 Å². The minimum atomic E-state index is -0.150. The van der Waals surface area contributed by atoms with Crippen LogP contribution in [0, 0.1) is 6.92 Å². The molecule has 94 heavy (non-hydrogen) atoms. The zero-order valence-electron chi connectivity index (χ0n) is 59.4. The fourth-order valence-corrected chi connectivity index (χ4v) is 16.3. The normalized spacial score (nSPS) is 17.7. The second kappa shape index (κ2) is 22.3. The molecule has 3 aliphatic heterocycles. The van der Waals surface area contributed by atoms with Crippen LogP contribution in [0.25, 0.3) is 22.3 Å². The highest BCUT2D eigenvalue weighted by Crippen LogP contribution is 2.62. The Labute approximate surface area is 563 Å². The minimum absolute atomic E-state index is 0.00255. The van der Waals surface area contributed by atoms with Gasteiger partial charge in [-0.3, -0.25) is 0 Å². The van der Waals surface area contributed by atoms with Crippen LogP contribution in [0.1, 0.15) is 182 Å². The molecule has 2 unspecified atom stereocenters. The average molecular weight is 1230 g/mol. The maximum absolute atomic E-state index is 2.80. The Balaban J connectivity index is 1.08. The third kappa shape index (κ3) is 10.5. The highest BCUT2D eigenvalue weighted by molar-refractivity contribution is 7.00. The van der Waals surface area contributed by atoms with E-state index in [1.165, 1.54) is 130 Å². The van der Waals surface area contributed by atoms with Gasteiger partial charge in [-0.1, -0.05) is 245 Å². The van der Waals surface area contributed by atoms with Crippen LogP contribution in [0.5, 0.6) is 0 Å².